The van der Waals surface area contributed by atoms with Crippen molar-refractivity contribution in [2.45, 2.75) is 40.5 Å². The Morgan fingerprint density at radius 1 is 1.55 bits per heavy atom. The van der Waals surface area contributed by atoms with Gasteiger partial charge in [0.2, 0.25) is 0 Å². The number of hydrogen-bond donors (Lipinski definition) is 0. The molecule has 0 saturated heterocycles. The molecular formula is C10H18O. The first-order valence-corrected chi connectivity index (χ1v) is 4.26. The molecule has 1 nitrogen and oxygen atoms in total. The smallest absolute Gasteiger partial charge is 0.132 e. The van der Waals surface area contributed by atoms with Gasteiger partial charge in [0.05, 0.1) is 0 Å². The predicted molar refractivity (Wildman–Crippen MR) is 48.5 cm³/mol. The minimum Gasteiger partial charge on any atom is -0.300 e. The highest BCUT2D eigenvalue weighted by molar-refractivity contribution is 5.78. The molecule has 0 heterocycles. The summed E-state index contributed by atoms with van der Waals surface area (Å²) >= 11 is 0. The first kappa shape index (κ1) is 10.4. The fourth-order valence-electron chi connectivity index (χ4n) is 1.00. The van der Waals surface area contributed by atoms with Gasteiger partial charge in [-0.25, -0.2) is 0 Å². The summed E-state index contributed by atoms with van der Waals surface area (Å²) in [6, 6.07) is 0. The van der Waals surface area contributed by atoms with Crippen molar-refractivity contribution in [2.24, 2.45) is 5.92 Å². The van der Waals surface area contributed by atoms with E-state index >= 15 is 0 Å². The number of carbonyl (C=O) groups excluding carboxylic acids is 1. The quantitative estimate of drug-likeness (QED) is 0.569. The molecule has 0 aromatic rings. The van der Waals surface area contributed by atoms with Crippen LogP contribution in [0.1, 0.15) is 40.5 Å². The molecule has 0 rings (SSSR count). The number of ketones is 1. The zero-order valence-electron chi connectivity index (χ0n) is 7.98. The van der Waals surface area contributed by atoms with Crippen LogP contribution in [0.5, 0.6) is 0 Å². The molecule has 64 valence electrons. The van der Waals surface area contributed by atoms with Crippen LogP contribution in [-0.4, -0.2) is 5.78 Å². The van der Waals surface area contributed by atoms with E-state index in [2.05, 4.69) is 13.0 Å². The maximum Gasteiger partial charge on any atom is 0.132 e. The summed E-state index contributed by atoms with van der Waals surface area (Å²) in [6.07, 6.45) is 4.11. The van der Waals surface area contributed by atoms with Gasteiger partial charge in [0.15, 0.2) is 0 Å². The monoisotopic (exact) mass is 154 g/mol. The molecule has 11 heavy (non-hydrogen) atoms. The average Bonchev–Trinajstić information content (AvgIpc) is 1.99. The molecule has 0 aromatic heterocycles. The van der Waals surface area contributed by atoms with Gasteiger partial charge >= 0.3 is 0 Å². The predicted octanol–water partition coefficient (Wildman–Crippen LogP) is 2.96. The SMILES string of the molecule is CC=C(CC)CC(C)C(C)=O. The van der Waals surface area contributed by atoms with Crippen LogP contribution in [0.2, 0.25) is 0 Å². The highest BCUT2D eigenvalue weighted by atomic mass is 16.1. The molecule has 1 unspecified atom stereocenters. The van der Waals surface area contributed by atoms with Crippen LogP contribution in [-0.2, 0) is 4.79 Å². The average molecular weight is 154 g/mol. The number of allylic oxidation sites excluding steroid dienone is 2. The first-order valence-electron chi connectivity index (χ1n) is 4.26. The van der Waals surface area contributed by atoms with Crippen molar-refractivity contribution in [3.63, 3.8) is 0 Å². The maximum absolute atomic E-state index is 10.9. The Kier molecular flexibility index (Phi) is 4.84. The molecule has 1 atom stereocenters. The van der Waals surface area contributed by atoms with E-state index in [1.54, 1.807) is 6.92 Å². The van der Waals surface area contributed by atoms with Crippen molar-refractivity contribution >= 4 is 5.78 Å². The van der Waals surface area contributed by atoms with E-state index in [0.29, 0.717) is 0 Å². The van der Waals surface area contributed by atoms with Gasteiger partial charge in [-0.1, -0.05) is 25.5 Å². The lowest BCUT2D eigenvalue weighted by atomic mass is 9.96. The Hall–Kier alpha value is -0.590. The Morgan fingerprint density at radius 2 is 2.09 bits per heavy atom. The van der Waals surface area contributed by atoms with Gasteiger partial charge in [-0.3, -0.25) is 4.79 Å². The lowest BCUT2D eigenvalue weighted by molar-refractivity contribution is -0.120. The largest absolute Gasteiger partial charge is 0.300 e. The summed E-state index contributed by atoms with van der Waals surface area (Å²) in [5.74, 6) is 0.485. The van der Waals surface area contributed by atoms with Gasteiger partial charge < -0.3 is 0 Å². The topological polar surface area (TPSA) is 17.1 Å². The third-order valence-electron chi connectivity index (χ3n) is 2.12. The molecule has 1 heteroatoms. The van der Waals surface area contributed by atoms with E-state index in [0.717, 1.165) is 12.8 Å². The summed E-state index contributed by atoms with van der Waals surface area (Å²) in [6.45, 7) is 7.81. The number of carbonyl (C=O) groups is 1. The fraction of sp³-hybridized carbons (Fsp3) is 0.700. The molecule has 0 aliphatic carbocycles. The van der Waals surface area contributed by atoms with E-state index in [-0.39, 0.29) is 11.7 Å². The van der Waals surface area contributed by atoms with Crippen LogP contribution in [0.15, 0.2) is 11.6 Å². The van der Waals surface area contributed by atoms with Crippen LogP contribution in [0.3, 0.4) is 0 Å². The zero-order valence-corrected chi connectivity index (χ0v) is 7.98. The van der Waals surface area contributed by atoms with Crippen LogP contribution in [0, 0.1) is 5.92 Å². The van der Waals surface area contributed by atoms with Crippen LogP contribution >= 0.6 is 0 Å². The van der Waals surface area contributed by atoms with Gasteiger partial charge in [0.25, 0.3) is 0 Å². The highest BCUT2D eigenvalue weighted by Gasteiger charge is 2.08. The third kappa shape index (κ3) is 3.97. The molecule has 0 saturated carbocycles. The number of hydrogen-bond acceptors (Lipinski definition) is 1. The van der Waals surface area contributed by atoms with Crippen molar-refractivity contribution in [1.29, 1.82) is 0 Å². The Balaban J connectivity index is 3.92. The lowest BCUT2D eigenvalue weighted by Crippen LogP contribution is -2.06. The number of rotatable bonds is 4. The molecule has 0 N–H and O–H groups in total. The van der Waals surface area contributed by atoms with Crippen molar-refractivity contribution in [1.82, 2.24) is 0 Å². The van der Waals surface area contributed by atoms with E-state index in [1.807, 2.05) is 13.8 Å². The molecule has 0 bridgehead atoms. The van der Waals surface area contributed by atoms with Crippen molar-refractivity contribution in [2.75, 3.05) is 0 Å². The van der Waals surface area contributed by atoms with Gasteiger partial charge in [0, 0.05) is 5.92 Å². The van der Waals surface area contributed by atoms with Gasteiger partial charge in [-0.2, -0.15) is 0 Å². The minimum absolute atomic E-state index is 0.196. The number of Topliss-reactive ketones (excluding diaryl/α,β-unsaturated/α-hetero) is 1. The lowest BCUT2D eigenvalue weighted by Gasteiger charge is -2.08. The first-order chi connectivity index (χ1) is 5.11. The molecule has 0 fully saturated rings. The maximum atomic E-state index is 10.9. The van der Waals surface area contributed by atoms with Crippen molar-refractivity contribution in [3.8, 4) is 0 Å². The molecule has 0 spiro atoms. The molecule has 0 radical (unpaired) electrons. The summed E-state index contributed by atoms with van der Waals surface area (Å²) < 4.78 is 0. The molecular weight excluding hydrogens is 136 g/mol. The van der Waals surface area contributed by atoms with Crippen LogP contribution in [0.4, 0.5) is 0 Å². The van der Waals surface area contributed by atoms with Crippen LogP contribution in [0.25, 0.3) is 0 Å². The van der Waals surface area contributed by atoms with Gasteiger partial charge in [0.1, 0.15) is 5.78 Å². The van der Waals surface area contributed by atoms with Crippen molar-refractivity contribution in [3.05, 3.63) is 11.6 Å². The summed E-state index contributed by atoms with van der Waals surface area (Å²) in [5, 5.41) is 0. The van der Waals surface area contributed by atoms with E-state index in [4.69, 9.17) is 0 Å². The van der Waals surface area contributed by atoms with E-state index in [9.17, 15) is 4.79 Å². The zero-order chi connectivity index (χ0) is 8.85. The van der Waals surface area contributed by atoms with Crippen molar-refractivity contribution < 1.29 is 4.79 Å². The van der Waals surface area contributed by atoms with Crippen LogP contribution < -0.4 is 0 Å². The second-order valence-corrected chi connectivity index (χ2v) is 3.02. The molecule has 0 aromatic carbocycles. The van der Waals surface area contributed by atoms with E-state index < -0.39 is 0 Å². The van der Waals surface area contributed by atoms with Gasteiger partial charge in [-0.15, -0.1) is 0 Å². The summed E-state index contributed by atoms with van der Waals surface area (Å²) in [7, 11) is 0. The van der Waals surface area contributed by atoms with E-state index in [1.165, 1.54) is 5.57 Å². The Labute approximate surface area is 69.5 Å². The third-order valence-corrected chi connectivity index (χ3v) is 2.12. The summed E-state index contributed by atoms with van der Waals surface area (Å²) in [4.78, 5) is 10.9. The molecule has 0 aliphatic heterocycles. The minimum atomic E-state index is 0.196. The normalized spacial score (nSPS) is 14.7. The molecule has 0 amide bonds. The fourth-order valence-corrected chi connectivity index (χ4v) is 1.00. The standard InChI is InChI=1S/C10H18O/c1-5-10(6-2)7-8(3)9(4)11/h5,8H,6-7H2,1-4H3. The summed E-state index contributed by atoms with van der Waals surface area (Å²) in [5.41, 5.74) is 1.38. The molecule has 0 aliphatic rings. The second-order valence-electron chi connectivity index (χ2n) is 3.02. The Bertz CT molecular complexity index is 156. The van der Waals surface area contributed by atoms with Gasteiger partial charge in [-0.05, 0) is 26.7 Å². The Morgan fingerprint density at radius 3 is 2.36 bits per heavy atom. The highest BCUT2D eigenvalue weighted by Crippen LogP contribution is 2.14. The second kappa shape index (κ2) is 5.11.